The maximum absolute atomic E-state index is 6.18. The van der Waals surface area contributed by atoms with Crippen LogP contribution in [0.3, 0.4) is 0 Å². The maximum atomic E-state index is 6.18. The molecule has 1 unspecified atom stereocenters. The Bertz CT molecular complexity index is 370. The van der Waals surface area contributed by atoms with Gasteiger partial charge in [0.1, 0.15) is 5.75 Å². The molecule has 0 saturated carbocycles. The summed E-state index contributed by atoms with van der Waals surface area (Å²) in [5.74, 6) is 2.52. The van der Waals surface area contributed by atoms with Gasteiger partial charge in [-0.2, -0.15) is 0 Å². The number of nitrogens with two attached hydrogens (primary N) is 1. The predicted octanol–water partition coefficient (Wildman–Crippen LogP) is 2.57. The first-order valence-corrected chi connectivity index (χ1v) is 6.30. The van der Waals surface area contributed by atoms with Crippen LogP contribution in [0.1, 0.15) is 5.56 Å². The number of ether oxygens (including phenoxy) is 1. The van der Waals surface area contributed by atoms with Crippen molar-refractivity contribution in [2.75, 3.05) is 19.4 Å². The van der Waals surface area contributed by atoms with Crippen molar-refractivity contribution >= 4 is 23.4 Å². The second-order valence-corrected chi connectivity index (χ2v) is 5.11. The fraction of sp³-hybridized carbons (Fsp3) is 0.455. The largest absolute Gasteiger partial charge is 0.496 e. The number of thioether (sulfide) groups is 1. The third-order valence-electron chi connectivity index (χ3n) is 2.68. The Balaban J connectivity index is 2.40. The lowest BCUT2D eigenvalue weighted by Crippen LogP contribution is -2.22. The molecule has 15 heavy (non-hydrogen) atoms. The van der Waals surface area contributed by atoms with Crippen molar-refractivity contribution in [1.82, 2.24) is 0 Å². The van der Waals surface area contributed by atoms with Crippen LogP contribution in [0.2, 0.25) is 5.02 Å². The lowest BCUT2D eigenvalue weighted by atomic mass is 10.00. The molecule has 2 N–H and O–H groups in total. The summed E-state index contributed by atoms with van der Waals surface area (Å²) in [6.45, 7) is 0.722. The van der Waals surface area contributed by atoms with E-state index in [1.165, 1.54) is 10.5 Å². The second kappa shape index (κ2) is 4.64. The Morgan fingerprint density at radius 3 is 3.07 bits per heavy atom. The zero-order valence-electron chi connectivity index (χ0n) is 8.63. The SMILES string of the molecule is COc1ccc(Cl)c2c1SCC(CN)C2. The zero-order valence-corrected chi connectivity index (χ0v) is 10.2. The highest BCUT2D eigenvalue weighted by molar-refractivity contribution is 7.99. The minimum absolute atomic E-state index is 0.534. The summed E-state index contributed by atoms with van der Waals surface area (Å²) in [5, 5.41) is 0.830. The Kier molecular flexibility index (Phi) is 3.44. The van der Waals surface area contributed by atoms with E-state index in [1.807, 2.05) is 12.1 Å². The van der Waals surface area contributed by atoms with E-state index in [4.69, 9.17) is 22.1 Å². The van der Waals surface area contributed by atoms with Crippen molar-refractivity contribution in [3.8, 4) is 5.75 Å². The quantitative estimate of drug-likeness (QED) is 0.867. The third kappa shape index (κ3) is 2.10. The number of fused-ring (bicyclic) bond motifs is 1. The highest BCUT2D eigenvalue weighted by atomic mass is 35.5. The molecule has 1 aliphatic rings. The minimum atomic E-state index is 0.534. The van der Waals surface area contributed by atoms with Crippen LogP contribution in [-0.4, -0.2) is 19.4 Å². The normalized spacial score (nSPS) is 19.8. The van der Waals surface area contributed by atoms with E-state index in [1.54, 1.807) is 18.9 Å². The van der Waals surface area contributed by atoms with Crippen molar-refractivity contribution in [2.45, 2.75) is 11.3 Å². The first-order chi connectivity index (χ1) is 7.26. The van der Waals surface area contributed by atoms with Gasteiger partial charge in [0, 0.05) is 10.8 Å². The van der Waals surface area contributed by atoms with Crippen molar-refractivity contribution in [3.05, 3.63) is 22.7 Å². The Labute approximate surface area is 99.1 Å². The molecule has 1 aromatic rings. The van der Waals surface area contributed by atoms with Crippen molar-refractivity contribution < 1.29 is 4.74 Å². The molecule has 0 bridgehead atoms. The van der Waals surface area contributed by atoms with Crippen molar-refractivity contribution in [3.63, 3.8) is 0 Å². The van der Waals surface area contributed by atoms with E-state index >= 15 is 0 Å². The lowest BCUT2D eigenvalue weighted by molar-refractivity contribution is 0.402. The number of hydrogen-bond donors (Lipinski definition) is 1. The summed E-state index contributed by atoms with van der Waals surface area (Å²) >= 11 is 7.98. The molecule has 0 saturated heterocycles. The number of methoxy groups -OCH3 is 1. The average Bonchev–Trinajstić information content (AvgIpc) is 2.29. The molecule has 1 atom stereocenters. The molecular formula is C11H14ClNOS. The molecule has 0 aromatic heterocycles. The fourth-order valence-electron chi connectivity index (χ4n) is 1.79. The molecule has 0 fully saturated rings. The Morgan fingerprint density at radius 2 is 2.40 bits per heavy atom. The van der Waals surface area contributed by atoms with Crippen LogP contribution in [0.4, 0.5) is 0 Å². The zero-order chi connectivity index (χ0) is 10.8. The molecular weight excluding hydrogens is 230 g/mol. The van der Waals surface area contributed by atoms with Crippen LogP contribution < -0.4 is 10.5 Å². The standard InChI is InChI=1S/C11H14ClNOS/c1-14-10-3-2-9(12)8-4-7(5-13)6-15-11(8)10/h2-3,7H,4-6,13H2,1H3. The van der Waals surface area contributed by atoms with Gasteiger partial charge in [-0.05, 0) is 36.6 Å². The highest BCUT2D eigenvalue weighted by Gasteiger charge is 2.23. The van der Waals surface area contributed by atoms with E-state index < -0.39 is 0 Å². The molecule has 4 heteroatoms. The second-order valence-electron chi connectivity index (χ2n) is 3.67. The van der Waals surface area contributed by atoms with E-state index in [2.05, 4.69) is 0 Å². The van der Waals surface area contributed by atoms with E-state index in [0.717, 1.165) is 29.5 Å². The number of rotatable bonds is 2. The van der Waals surface area contributed by atoms with E-state index in [-0.39, 0.29) is 0 Å². The van der Waals surface area contributed by atoms with Crippen LogP contribution in [0.5, 0.6) is 5.75 Å². The van der Waals surface area contributed by atoms with Gasteiger partial charge >= 0.3 is 0 Å². The van der Waals surface area contributed by atoms with Gasteiger partial charge in [0.05, 0.1) is 12.0 Å². The Hall–Kier alpha value is -0.380. The number of hydrogen-bond acceptors (Lipinski definition) is 3. The van der Waals surface area contributed by atoms with E-state index in [0.29, 0.717) is 5.92 Å². The molecule has 0 spiro atoms. The van der Waals surface area contributed by atoms with Gasteiger partial charge in [0.25, 0.3) is 0 Å². The lowest BCUT2D eigenvalue weighted by Gasteiger charge is -2.25. The van der Waals surface area contributed by atoms with Gasteiger partial charge < -0.3 is 10.5 Å². The van der Waals surface area contributed by atoms with Crippen LogP contribution >= 0.6 is 23.4 Å². The number of halogens is 1. The van der Waals surface area contributed by atoms with Gasteiger partial charge in [-0.1, -0.05) is 11.6 Å². The molecule has 1 aliphatic heterocycles. The van der Waals surface area contributed by atoms with Crippen molar-refractivity contribution in [1.29, 1.82) is 0 Å². The van der Waals surface area contributed by atoms with Crippen molar-refractivity contribution in [2.24, 2.45) is 11.7 Å². The van der Waals surface area contributed by atoms with Gasteiger partial charge in [-0.3, -0.25) is 0 Å². The fourth-order valence-corrected chi connectivity index (χ4v) is 3.40. The first kappa shape index (κ1) is 11.1. The first-order valence-electron chi connectivity index (χ1n) is 4.94. The van der Waals surface area contributed by atoms with Crippen LogP contribution in [0.25, 0.3) is 0 Å². The predicted molar refractivity (Wildman–Crippen MR) is 65.0 cm³/mol. The maximum Gasteiger partial charge on any atom is 0.132 e. The molecule has 2 nitrogen and oxygen atoms in total. The minimum Gasteiger partial charge on any atom is -0.496 e. The molecule has 82 valence electrons. The summed E-state index contributed by atoms with van der Waals surface area (Å²) in [5.41, 5.74) is 6.89. The molecule has 0 radical (unpaired) electrons. The molecule has 1 heterocycles. The monoisotopic (exact) mass is 243 g/mol. The van der Waals surface area contributed by atoms with Gasteiger partial charge in [-0.15, -0.1) is 11.8 Å². The molecule has 0 amide bonds. The molecule has 1 aromatic carbocycles. The molecule has 0 aliphatic carbocycles. The van der Waals surface area contributed by atoms with Gasteiger partial charge in [-0.25, -0.2) is 0 Å². The van der Waals surface area contributed by atoms with Crippen LogP contribution in [0.15, 0.2) is 17.0 Å². The summed E-state index contributed by atoms with van der Waals surface area (Å²) in [7, 11) is 1.69. The van der Waals surface area contributed by atoms with Gasteiger partial charge in [0.15, 0.2) is 0 Å². The van der Waals surface area contributed by atoms with Crippen LogP contribution in [-0.2, 0) is 6.42 Å². The highest BCUT2D eigenvalue weighted by Crippen LogP contribution is 2.42. The van der Waals surface area contributed by atoms with E-state index in [9.17, 15) is 0 Å². The third-order valence-corrected chi connectivity index (χ3v) is 4.41. The number of benzene rings is 1. The Morgan fingerprint density at radius 1 is 1.60 bits per heavy atom. The summed E-state index contributed by atoms with van der Waals surface area (Å²) in [6, 6.07) is 3.83. The topological polar surface area (TPSA) is 35.2 Å². The molecule has 2 rings (SSSR count). The average molecular weight is 244 g/mol. The summed E-state index contributed by atoms with van der Waals surface area (Å²) < 4.78 is 5.33. The van der Waals surface area contributed by atoms with Crippen LogP contribution in [0, 0.1) is 5.92 Å². The smallest absolute Gasteiger partial charge is 0.132 e. The summed E-state index contributed by atoms with van der Waals surface area (Å²) in [6.07, 6.45) is 0.967. The van der Waals surface area contributed by atoms with Gasteiger partial charge in [0.2, 0.25) is 0 Å². The summed E-state index contributed by atoms with van der Waals surface area (Å²) in [4.78, 5) is 1.19.